The van der Waals surface area contributed by atoms with Gasteiger partial charge in [-0.3, -0.25) is 4.79 Å². The summed E-state index contributed by atoms with van der Waals surface area (Å²) in [6.07, 6.45) is 0. The molecule has 0 bridgehead atoms. The second-order valence-corrected chi connectivity index (χ2v) is 4.99. The van der Waals surface area contributed by atoms with E-state index in [0.717, 1.165) is 6.54 Å². The minimum atomic E-state index is -0.0545. The molecule has 1 aromatic carbocycles. The van der Waals surface area contributed by atoms with Crippen molar-refractivity contribution in [1.29, 1.82) is 0 Å². The normalized spacial score (nSPS) is 18.3. The molecule has 116 valence electrons. The number of rotatable bonds is 4. The zero-order valence-electron chi connectivity index (χ0n) is 12.9. The highest BCUT2D eigenvalue weighted by molar-refractivity contribution is 5.98. The third-order valence-electron chi connectivity index (χ3n) is 3.59. The predicted molar refractivity (Wildman–Crippen MR) is 79.5 cm³/mol. The standard InChI is InChI=1S/C15H22N2O4/c1-10-9-17(8-7-16-10)15(18)11-5-6-12(19-2)14(21-4)13(11)20-3/h5-6,10,16H,7-9H2,1-4H3. The highest BCUT2D eigenvalue weighted by Crippen LogP contribution is 2.40. The van der Waals surface area contributed by atoms with Crippen LogP contribution in [0.25, 0.3) is 0 Å². The Labute approximate surface area is 125 Å². The summed E-state index contributed by atoms with van der Waals surface area (Å²) in [6.45, 7) is 4.21. The SMILES string of the molecule is COc1ccc(C(=O)N2CCNC(C)C2)c(OC)c1OC. The first kappa shape index (κ1) is 15.4. The van der Waals surface area contributed by atoms with Crippen LogP contribution in [0.2, 0.25) is 0 Å². The number of hydrogen-bond donors (Lipinski definition) is 1. The topological polar surface area (TPSA) is 60.0 Å². The van der Waals surface area contributed by atoms with Gasteiger partial charge in [0, 0.05) is 25.7 Å². The molecule has 0 aromatic heterocycles. The summed E-state index contributed by atoms with van der Waals surface area (Å²) < 4.78 is 15.9. The van der Waals surface area contributed by atoms with Crippen LogP contribution in [0.4, 0.5) is 0 Å². The Morgan fingerprint density at radius 3 is 2.48 bits per heavy atom. The fourth-order valence-electron chi connectivity index (χ4n) is 2.56. The van der Waals surface area contributed by atoms with Gasteiger partial charge in [0.25, 0.3) is 5.91 Å². The lowest BCUT2D eigenvalue weighted by atomic mass is 10.1. The van der Waals surface area contributed by atoms with E-state index in [1.807, 2.05) is 4.90 Å². The van der Waals surface area contributed by atoms with Gasteiger partial charge in [-0.2, -0.15) is 0 Å². The number of ether oxygens (including phenoxy) is 3. The summed E-state index contributed by atoms with van der Waals surface area (Å²) in [4.78, 5) is 14.5. The van der Waals surface area contributed by atoms with E-state index in [9.17, 15) is 4.79 Å². The molecule has 0 radical (unpaired) electrons. The molecule has 1 N–H and O–H groups in total. The summed E-state index contributed by atoms with van der Waals surface area (Å²) in [5.41, 5.74) is 0.490. The molecule has 1 saturated heterocycles. The van der Waals surface area contributed by atoms with Crippen LogP contribution in [0, 0.1) is 0 Å². The Hall–Kier alpha value is -1.95. The molecule has 0 saturated carbocycles. The fraction of sp³-hybridized carbons (Fsp3) is 0.533. The van der Waals surface area contributed by atoms with Gasteiger partial charge in [-0.05, 0) is 19.1 Å². The third-order valence-corrected chi connectivity index (χ3v) is 3.59. The smallest absolute Gasteiger partial charge is 0.257 e. The second kappa shape index (κ2) is 6.67. The Morgan fingerprint density at radius 2 is 1.90 bits per heavy atom. The minimum Gasteiger partial charge on any atom is -0.493 e. The van der Waals surface area contributed by atoms with Gasteiger partial charge in [0.2, 0.25) is 5.75 Å². The molecule has 0 spiro atoms. The van der Waals surface area contributed by atoms with E-state index in [1.54, 1.807) is 19.2 Å². The summed E-state index contributed by atoms with van der Waals surface area (Å²) in [5, 5.41) is 3.32. The number of methoxy groups -OCH3 is 3. The molecule has 6 nitrogen and oxygen atoms in total. The van der Waals surface area contributed by atoms with Gasteiger partial charge in [0.1, 0.15) is 0 Å². The van der Waals surface area contributed by atoms with E-state index < -0.39 is 0 Å². The number of nitrogens with one attached hydrogen (secondary N) is 1. The lowest BCUT2D eigenvalue weighted by molar-refractivity contribution is 0.0705. The maximum Gasteiger partial charge on any atom is 0.257 e. The Bertz CT molecular complexity index is 519. The third kappa shape index (κ3) is 3.05. The first-order valence-corrected chi connectivity index (χ1v) is 6.94. The fourth-order valence-corrected chi connectivity index (χ4v) is 2.56. The summed E-state index contributed by atoms with van der Waals surface area (Å²) in [5.74, 6) is 1.34. The van der Waals surface area contributed by atoms with Crippen LogP contribution >= 0.6 is 0 Å². The van der Waals surface area contributed by atoms with E-state index in [4.69, 9.17) is 14.2 Å². The number of carbonyl (C=O) groups excluding carboxylic acids is 1. The molecule has 1 aliphatic rings. The molecule has 1 atom stereocenters. The van der Waals surface area contributed by atoms with Gasteiger partial charge < -0.3 is 24.4 Å². The predicted octanol–water partition coefficient (Wildman–Crippen LogP) is 1.15. The van der Waals surface area contributed by atoms with Crippen LogP contribution in [0.5, 0.6) is 17.2 Å². The number of hydrogen-bond acceptors (Lipinski definition) is 5. The van der Waals surface area contributed by atoms with E-state index >= 15 is 0 Å². The number of carbonyl (C=O) groups is 1. The summed E-state index contributed by atoms with van der Waals surface area (Å²) in [6, 6.07) is 3.73. The van der Waals surface area contributed by atoms with Crippen LogP contribution in [0.15, 0.2) is 12.1 Å². The summed E-state index contributed by atoms with van der Waals surface area (Å²) >= 11 is 0. The van der Waals surface area contributed by atoms with E-state index in [-0.39, 0.29) is 11.9 Å². The molecule has 1 heterocycles. The average molecular weight is 294 g/mol. The Balaban J connectivity index is 2.36. The molecule has 1 fully saturated rings. The molecule has 1 amide bonds. The van der Waals surface area contributed by atoms with Crippen LogP contribution in [0.3, 0.4) is 0 Å². The lowest BCUT2D eigenvalue weighted by Crippen LogP contribution is -2.51. The van der Waals surface area contributed by atoms with Crippen molar-refractivity contribution in [2.75, 3.05) is 41.0 Å². The van der Waals surface area contributed by atoms with Gasteiger partial charge >= 0.3 is 0 Å². The largest absolute Gasteiger partial charge is 0.493 e. The van der Waals surface area contributed by atoms with Crippen molar-refractivity contribution in [2.24, 2.45) is 0 Å². The van der Waals surface area contributed by atoms with E-state index in [0.29, 0.717) is 35.9 Å². The molecular formula is C15H22N2O4. The average Bonchev–Trinajstić information content (AvgIpc) is 2.52. The molecule has 21 heavy (non-hydrogen) atoms. The van der Waals surface area contributed by atoms with Gasteiger partial charge in [0.15, 0.2) is 11.5 Å². The van der Waals surface area contributed by atoms with Gasteiger partial charge in [-0.15, -0.1) is 0 Å². The highest BCUT2D eigenvalue weighted by Gasteiger charge is 2.27. The quantitative estimate of drug-likeness (QED) is 0.902. The van der Waals surface area contributed by atoms with E-state index in [1.165, 1.54) is 14.2 Å². The zero-order chi connectivity index (χ0) is 15.4. The van der Waals surface area contributed by atoms with Crippen molar-refractivity contribution in [3.63, 3.8) is 0 Å². The molecule has 0 aliphatic carbocycles. The van der Waals surface area contributed by atoms with Gasteiger partial charge in [0.05, 0.1) is 26.9 Å². The molecule has 1 unspecified atom stereocenters. The van der Waals surface area contributed by atoms with Crippen molar-refractivity contribution in [2.45, 2.75) is 13.0 Å². The summed E-state index contributed by atoms with van der Waals surface area (Å²) in [7, 11) is 4.60. The van der Waals surface area contributed by atoms with Gasteiger partial charge in [-0.1, -0.05) is 0 Å². The highest BCUT2D eigenvalue weighted by atomic mass is 16.5. The molecule has 2 rings (SSSR count). The molecule has 6 heteroatoms. The second-order valence-electron chi connectivity index (χ2n) is 4.99. The number of benzene rings is 1. The molecule has 1 aromatic rings. The van der Waals surface area contributed by atoms with Crippen molar-refractivity contribution >= 4 is 5.91 Å². The van der Waals surface area contributed by atoms with Crippen molar-refractivity contribution in [3.05, 3.63) is 17.7 Å². The number of nitrogens with zero attached hydrogens (tertiary/aromatic N) is 1. The van der Waals surface area contributed by atoms with Crippen LogP contribution in [-0.2, 0) is 0 Å². The Kier molecular flexibility index (Phi) is 4.90. The van der Waals surface area contributed by atoms with Crippen LogP contribution in [0.1, 0.15) is 17.3 Å². The maximum atomic E-state index is 12.7. The van der Waals surface area contributed by atoms with Crippen molar-refractivity contribution in [1.82, 2.24) is 10.2 Å². The van der Waals surface area contributed by atoms with Crippen molar-refractivity contribution in [3.8, 4) is 17.2 Å². The molecular weight excluding hydrogens is 272 g/mol. The van der Waals surface area contributed by atoms with E-state index in [2.05, 4.69) is 12.2 Å². The van der Waals surface area contributed by atoms with Gasteiger partial charge in [-0.25, -0.2) is 0 Å². The van der Waals surface area contributed by atoms with Crippen LogP contribution < -0.4 is 19.5 Å². The van der Waals surface area contributed by atoms with Crippen LogP contribution in [-0.4, -0.2) is 57.8 Å². The van der Waals surface area contributed by atoms with Crippen molar-refractivity contribution < 1.29 is 19.0 Å². The maximum absolute atomic E-state index is 12.7. The zero-order valence-corrected chi connectivity index (χ0v) is 12.9. The first-order valence-electron chi connectivity index (χ1n) is 6.94. The first-order chi connectivity index (χ1) is 10.1. The molecule has 1 aliphatic heterocycles. The number of piperazine rings is 1. The lowest BCUT2D eigenvalue weighted by Gasteiger charge is -2.32. The monoisotopic (exact) mass is 294 g/mol. The minimum absolute atomic E-state index is 0.0545. The number of amides is 1. The Morgan fingerprint density at radius 1 is 1.19 bits per heavy atom.